The van der Waals surface area contributed by atoms with E-state index in [9.17, 15) is 14.7 Å². The monoisotopic (exact) mass is 296 g/mol. The summed E-state index contributed by atoms with van der Waals surface area (Å²) in [5.74, 6) is -0.477. The molecule has 21 heavy (non-hydrogen) atoms. The van der Waals surface area contributed by atoms with Crippen molar-refractivity contribution in [3.05, 3.63) is 0 Å². The fraction of sp³-hybridized carbons (Fsp3) is 0.875. The number of carboxylic acids is 1. The van der Waals surface area contributed by atoms with E-state index in [2.05, 4.69) is 13.8 Å². The maximum absolute atomic E-state index is 12.9. The highest BCUT2D eigenvalue weighted by atomic mass is 16.4. The van der Waals surface area contributed by atoms with E-state index in [0.29, 0.717) is 12.3 Å². The van der Waals surface area contributed by atoms with E-state index < -0.39 is 12.0 Å². The second kappa shape index (κ2) is 6.67. The first-order valence-corrected chi connectivity index (χ1v) is 8.29. The zero-order valence-electron chi connectivity index (χ0n) is 13.4. The molecule has 2 aliphatic rings. The largest absolute Gasteiger partial charge is 0.480 e. The molecule has 2 fully saturated rings. The van der Waals surface area contributed by atoms with Gasteiger partial charge >= 0.3 is 12.0 Å². The van der Waals surface area contributed by atoms with Crippen LogP contribution >= 0.6 is 0 Å². The highest BCUT2D eigenvalue weighted by Gasteiger charge is 2.48. The van der Waals surface area contributed by atoms with Crippen molar-refractivity contribution in [2.24, 2.45) is 5.92 Å². The van der Waals surface area contributed by atoms with Crippen LogP contribution in [-0.4, -0.2) is 52.1 Å². The molecule has 1 saturated carbocycles. The molecule has 5 heteroatoms. The molecule has 0 bridgehead atoms. The fourth-order valence-electron chi connectivity index (χ4n) is 4.13. The minimum absolute atomic E-state index is 0.0921. The van der Waals surface area contributed by atoms with Crippen molar-refractivity contribution in [1.29, 1.82) is 0 Å². The normalized spacial score (nSPS) is 28.6. The second-order valence-corrected chi connectivity index (χ2v) is 6.47. The summed E-state index contributed by atoms with van der Waals surface area (Å²) >= 11 is 0. The van der Waals surface area contributed by atoms with Crippen LogP contribution in [0.1, 0.15) is 58.8 Å². The average Bonchev–Trinajstić information content (AvgIpc) is 2.87. The van der Waals surface area contributed by atoms with E-state index in [4.69, 9.17) is 0 Å². The third kappa shape index (κ3) is 3.01. The van der Waals surface area contributed by atoms with Gasteiger partial charge in [0, 0.05) is 19.1 Å². The van der Waals surface area contributed by atoms with E-state index >= 15 is 0 Å². The van der Waals surface area contributed by atoms with Crippen LogP contribution in [0.3, 0.4) is 0 Å². The predicted molar refractivity (Wildman–Crippen MR) is 81.2 cm³/mol. The predicted octanol–water partition coefficient (Wildman–Crippen LogP) is 2.94. The third-order valence-electron chi connectivity index (χ3n) is 5.39. The second-order valence-electron chi connectivity index (χ2n) is 6.47. The van der Waals surface area contributed by atoms with E-state index in [0.717, 1.165) is 38.5 Å². The Morgan fingerprint density at radius 3 is 2.43 bits per heavy atom. The summed E-state index contributed by atoms with van der Waals surface area (Å²) in [6.07, 6.45) is 6.72. The van der Waals surface area contributed by atoms with E-state index in [1.807, 2.05) is 7.05 Å². The standard InChI is InChI=1S/C16H28N2O3/c1-4-12(5-2)17(3)16(21)18-13-9-7-6-8-11(13)10-14(18)15(19)20/h11-14H,4-10H2,1-3H3,(H,19,20). The van der Waals surface area contributed by atoms with Gasteiger partial charge in [0.25, 0.3) is 0 Å². The number of likely N-dealkylation sites (tertiary alicyclic amines) is 1. The summed E-state index contributed by atoms with van der Waals surface area (Å²) < 4.78 is 0. The molecule has 1 N–H and O–H groups in total. The van der Waals surface area contributed by atoms with Crippen molar-refractivity contribution in [2.45, 2.75) is 76.9 Å². The van der Waals surface area contributed by atoms with Crippen LogP contribution in [0.2, 0.25) is 0 Å². The summed E-state index contributed by atoms with van der Waals surface area (Å²) in [6, 6.07) is -0.411. The molecular formula is C16H28N2O3. The molecule has 1 aliphatic heterocycles. The minimum Gasteiger partial charge on any atom is -0.480 e. The topological polar surface area (TPSA) is 60.9 Å². The van der Waals surface area contributed by atoms with Crippen LogP contribution in [-0.2, 0) is 4.79 Å². The van der Waals surface area contributed by atoms with Crippen molar-refractivity contribution >= 4 is 12.0 Å². The highest BCUT2D eigenvalue weighted by Crippen LogP contribution is 2.40. The molecule has 0 aromatic rings. The number of carbonyl (C=O) groups excluding carboxylic acids is 1. The summed E-state index contributed by atoms with van der Waals surface area (Å²) in [7, 11) is 1.81. The maximum atomic E-state index is 12.9. The Morgan fingerprint density at radius 2 is 1.86 bits per heavy atom. The van der Waals surface area contributed by atoms with Gasteiger partial charge in [-0.3, -0.25) is 0 Å². The van der Waals surface area contributed by atoms with Gasteiger partial charge in [-0.2, -0.15) is 0 Å². The van der Waals surface area contributed by atoms with Crippen LogP contribution in [0.15, 0.2) is 0 Å². The molecule has 2 rings (SSSR count). The van der Waals surface area contributed by atoms with Crippen molar-refractivity contribution in [3.63, 3.8) is 0 Å². The lowest BCUT2D eigenvalue weighted by molar-refractivity contribution is -0.141. The Labute approximate surface area is 127 Å². The number of carboxylic acid groups (broad SMARTS) is 1. The van der Waals surface area contributed by atoms with E-state index in [-0.39, 0.29) is 18.1 Å². The SMILES string of the molecule is CCC(CC)N(C)C(=O)N1C(C(=O)O)CC2CCCCC21. The first-order valence-electron chi connectivity index (χ1n) is 8.29. The Balaban J connectivity index is 2.20. The molecule has 2 amide bonds. The number of fused-ring (bicyclic) bond motifs is 1. The van der Waals surface area contributed by atoms with Crippen LogP contribution in [0.25, 0.3) is 0 Å². The molecule has 0 aromatic heterocycles. The molecular weight excluding hydrogens is 268 g/mol. The van der Waals surface area contributed by atoms with Gasteiger partial charge in [0.2, 0.25) is 0 Å². The smallest absolute Gasteiger partial charge is 0.326 e. The summed E-state index contributed by atoms with van der Waals surface area (Å²) in [5.41, 5.74) is 0. The number of carbonyl (C=O) groups is 2. The number of hydrogen-bond donors (Lipinski definition) is 1. The minimum atomic E-state index is -0.851. The summed E-state index contributed by atoms with van der Waals surface area (Å²) in [5, 5.41) is 9.50. The van der Waals surface area contributed by atoms with Gasteiger partial charge in [-0.05, 0) is 38.0 Å². The lowest BCUT2D eigenvalue weighted by Crippen LogP contribution is -2.53. The molecule has 0 spiro atoms. The molecule has 1 aliphatic carbocycles. The van der Waals surface area contributed by atoms with Crippen LogP contribution < -0.4 is 0 Å². The van der Waals surface area contributed by atoms with Crippen molar-refractivity contribution in [3.8, 4) is 0 Å². The number of nitrogens with zero attached hydrogens (tertiary/aromatic N) is 2. The van der Waals surface area contributed by atoms with Gasteiger partial charge in [-0.15, -0.1) is 0 Å². The molecule has 1 saturated heterocycles. The first-order chi connectivity index (χ1) is 10.0. The van der Waals surface area contributed by atoms with Crippen LogP contribution in [0.5, 0.6) is 0 Å². The van der Waals surface area contributed by atoms with Gasteiger partial charge in [0.15, 0.2) is 0 Å². The molecule has 5 nitrogen and oxygen atoms in total. The van der Waals surface area contributed by atoms with Crippen molar-refractivity contribution in [1.82, 2.24) is 9.80 Å². The Bertz CT molecular complexity index is 395. The number of aliphatic carboxylic acids is 1. The number of urea groups is 1. The van der Waals surface area contributed by atoms with Gasteiger partial charge < -0.3 is 14.9 Å². The Hall–Kier alpha value is -1.26. The Morgan fingerprint density at radius 1 is 1.24 bits per heavy atom. The summed E-state index contributed by atoms with van der Waals surface area (Å²) in [4.78, 5) is 27.9. The number of amides is 2. The lowest BCUT2D eigenvalue weighted by Gasteiger charge is -2.37. The molecule has 0 aromatic carbocycles. The average molecular weight is 296 g/mol. The fourth-order valence-corrected chi connectivity index (χ4v) is 4.13. The van der Waals surface area contributed by atoms with Crippen LogP contribution in [0, 0.1) is 5.92 Å². The van der Waals surface area contributed by atoms with Gasteiger partial charge in [0.05, 0.1) is 0 Å². The molecule has 1 heterocycles. The maximum Gasteiger partial charge on any atom is 0.326 e. The zero-order valence-corrected chi connectivity index (χ0v) is 13.4. The van der Waals surface area contributed by atoms with E-state index in [1.165, 1.54) is 0 Å². The molecule has 120 valence electrons. The number of rotatable bonds is 4. The number of hydrogen-bond acceptors (Lipinski definition) is 2. The van der Waals surface area contributed by atoms with Crippen molar-refractivity contribution < 1.29 is 14.7 Å². The molecule has 0 radical (unpaired) electrons. The summed E-state index contributed by atoms with van der Waals surface area (Å²) in [6.45, 7) is 4.14. The van der Waals surface area contributed by atoms with Crippen LogP contribution in [0.4, 0.5) is 4.79 Å². The molecule has 3 atom stereocenters. The van der Waals surface area contributed by atoms with Gasteiger partial charge in [0.1, 0.15) is 6.04 Å². The lowest BCUT2D eigenvalue weighted by atomic mass is 9.85. The van der Waals surface area contributed by atoms with Gasteiger partial charge in [-0.25, -0.2) is 9.59 Å². The molecule has 3 unspecified atom stereocenters. The Kier molecular flexibility index (Phi) is 5.12. The highest BCUT2D eigenvalue weighted by molar-refractivity contribution is 5.84. The van der Waals surface area contributed by atoms with Gasteiger partial charge in [-0.1, -0.05) is 26.7 Å². The van der Waals surface area contributed by atoms with E-state index in [1.54, 1.807) is 9.80 Å². The zero-order chi connectivity index (χ0) is 15.6. The first kappa shape index (κ1) is 16.1. The van der Waals surface area contributed by atoms with Crippen molar-refractivity contribution in [2.75, 3.05) is 7.05 Å². The third-order valence-corrected chi connectivity index (χ3v) is 5.39. The quantitative estimate of drug-likeness (QED) is 0.867.